The van der Waals surface area contributed by atoms with Crippen molar-refractivity contribution in [1.82, 2.24) is 0 Å². The minimum Gasteiger partial charge on any atom is -0.344 e. The van der Waals surface area contributed by atoms with Crippen LogP contribution in [0, 0.1) is 11.7 Å². The SMILES string of the molecule is CC.CCC(CCN)Cc1cc(Cl)ccc1N(C)c1ccc(F)cc1. The second kappa shape index (κ2) is 11.1. The summed E-state index contributed by atoms with van der Waals surface area (Å²) in [5, 5.41) is 0.735. The van der Waals surface area contributed by atoms with Gasteiger partial charge in [0.2, 0.25) is 0 Å². The average Bonchev–Trinajstić information content (AvgIpc) is 2.63. The molecule has 0 saturated carbocycles. The number of benzene rings is 2. The predicted octanol–water partition coefficient (Wildman–Crippen LogP) is 6.19. The van der Waals surface area contributed by atoms with Gasteiger partial charge in [0.05, 0.1) is 0 Å². The molecule has 4 heteroatoms. The first kappa shape index (κ1) is 21.5. The van der Waals surface area contributed by atoms with Crippen LogP contribution in [0.3, 0.4) is 0 Å². The van der Waals surface area contributed by atoms with Crippen LogP contribution in [0.5, 0.6) is 0 Å². The molecule has 0 fully saturated rings. The topological polar surface area (TPSA) is 29.3 Å². The van der Waals surface area contributed by atoms with E-state index >= 15 is 0 Å². The molecular weight excluding hydrogens is 335 g/mol. The molecule has 2 rings (SSSR count). The summed E-state index contributed by atoms with van der Waals surface area (Å²) in [6, 6.07) is 12.5. The highest BCUT2D eigenvalue weighted by atomic mass is 35.5. The first-order valence-electron chi connectivity index (χ1n) is 9.03. The monoisotopic (exact) mass is 364 g/mol. The lowest BCUT2D eigenvalue weighted by molar-refractivity contribution is 0.475. The van der Waals surface area contributed by atoms with Gasteiger partial charge in [0.25, 0.3) is 0 Å². The fourth-order valence-electron chi connectivity index (χ4n) is 2.85. The van der Waals surface area contributed by atoms with Crippen LogP contribution in [0.2, 0.25) is 5.02 Å². The largest absolute Gasteiger partial charge is 0.344 e. The summed E-state index contributed by atoms with van der Waals surface area (Å²) >= 11 is 6.20. The second-order valence-corrected chi connectivity index (χ2v) is 6.30. The Labute approximate surface area is 156 Å². The molecule has 1 unspecified atom stereocenters. The normalized spacial score (nSPS) is 11.5. The minimum absolute atomic E-state index is 0.229. The van der Waals surface area contributed by atoms with E-state index in [0.717, 1.165) is 35.7 Å². The number of nitrogens with zero attached hydrogens (tertiary/aromatic N) is 1. The maximum absolute atomic E-state index is 13.1. The van der Waals surface area contributed by atoms with Crippen molar-refractivity contribution >= 4 is 23.0 Å². The molecule has 0 amide bonds. The van der Waals surface area contributed by atoms with Crippen molar-refractivity contribution in [2.75, 3.05) is 18.5 Å². The first-order chi connectivity index (χ1) is 12.0. The summed E-state index contributed by atoms with van der Waals surface area (Å²) in [6.45, 7) is 6.89. The molecule has 25 heavy (non-hydrogen) atoms. The van der Waals surface area contributed by atoms with Crippen molar-refractivity contribution in [2.45, 2.75) is 40.0 Å². The van der Waals surface area contributed by atoms with Crippen molar-refractivity contribution in [3.63, 3.8) is 0 Å². The quantitative estimate of drug-likeness (QED) is 0.634. The Morgan fingerprint density at radius 3 is 2.32 bits per heavy atom. The van der Waals surface area contributed by atoms with Crippen molar-refractivity contribution < 1.29 is 4.39 Å². The third-order valence-corrected chi connectivity index (χ3v) is 4.51. The van der Waals surface area contributed by atoms with Crippen LogP contribution in [-0.4, -0.2) is 13.6 Å². The molecule has 0 spiro atoms. The van der Waals surface area contributed by atoms with E-state index in [4.69, 9.17) is 17.3 Å². The zero-order valence-electron chi connectivity index (χ0n) is 15.7. The molecule has 0 aliphatic heterocycles. The number of hydrogen-bond acceptors (Lipinski definition) is 2. The number of rotatable bonds is 7. The molecule has 0 radical (unpaired) electrons. The fourth-order valence-corrected chi connectivity index (χ4v) is 3.04. The lowest BCUT2D eigenvalue weighted by Gasteiger charge is -2.25. The van der Waals surface area contributed by atoms with E-state index in [0.29, 0.717) is 12.5 Å². The third kappa shape index (κ3) is 6.33. The lowest BCUT2D eigenvalue weighted by Crippen LogP contribution is -2.15. The number of anilines is 2. The van der Waals surface area contributed by atoms with Crippen LogP contribution in [-0.2, 0) is 6.42 Å². The smallest absolute Gasteiger partial charge is 0.123 e. The van der Waals surface area contributed by atoms with Gasteiger partial charge < -0.3 is 10.6 Å². The summed E-state index contributed by atoms with van der Waals surface area (Å²) in [4.78, 5) is 2.07. The van der Waals surface area contributed by atoms with Gasteiger partial charge in [0.15, 0.2) is 0 Å². The van der Waals surface area contributed by atoms with Crippen LogP contribution in [0.1, 0.15) is 39.2 Å². The van der Waals surface area contributed by atoms with Gasteiger partial charge >= 0.3 is 0 Å². The standard InChI is InChI=1S/C19H24ClFN2.C2H6/c1-3-14(10-11-22)12-15-13-16(20)4-9-19(15)23(2)18-7-5-17(21)6-8-18;1-2/h4-9,13-14H,3,10-12,22H2,1-2H3;1-2H3. The maximum Gasteiger partial charge on any atom is 0.123 e. The van der Waals surface area contributed by atoms with Gasteiger partial charge in [-0.15, -0.1) is 0 Å². The fraction of sp³-hybridized carbons (Fsp3) is 0.429. The predicted molar refractivity (Wildman–Crippen MR) is 108 cm³/mol. The molecule has 2 nitrogen and oxygen atoms in total. The van der Waals surface area contributed by atoms with E-state index in [-0.39, 0.29) is 5.82 Å². The van der Waals surface area contributed by atoms with E-state index in [2.05, 4.69) is 11.8 Å². The van der Waals surface area contributed by atoms with Gasteiger partial charge in [0, 0.05) is 23.4 Å². The molecular formula is C21H30ClFN2. The molecule has 0 aliphatic carbocycles. The Morgan fingerprint density at radius 2 is 1.76 bits per heavy atom. The maximum atomic E-state index is 13.1. The van der Waals surface area contributed by atoms with Crippen molar-refractivity contribution in [3.05, 3.63) is 58.9 Å². The van der Waals surface area contributed by atoms with Gasteiger partial charge in [-0.05, 0) is 73.3 Å². The zero-order valence-corrected chi connectivity index (χ0v) is 16.5. The summed E-state index contributed by atoms with van der Waals surface area (Å²) in [7, 11) is 1.99. The number of hydrogen-bond donors (Lipinski definition) is 1. The summed E-state index contributed by atoms with van der Waals surface area (Å²) in [6.07, 6.45) is 3.03. The number of nitrogens with two attached hydrogens (primary N) is 1. The second-order valence-electron chi connectivity index (χ2n) is 5.86. The molecule has 0 heterocycles. The first-order valence-corrected chi connectivity index (χ1v) is 9.40. The highest BCUT2D eigenvalue weighted by Gasteiger charge is 2.14. The molecule has 0 aromatic heterocycles. The van der Waals surface area contributed by atoms with Gasteiger partial charge in [-0.25, -0.2) is 4.39 Å². The Balaban J connectivity index is 0.00000151. The molecule has 1 atom stereocenters. The van der Waals surface area contributed by atoms with Crippen molar-refractivity contribution in [1.29, 1.82) is 0 Å². The highest BCUT2D eigenvalue weighted by Crippen LogP contribution is 2.32. The molecule has 0 aliphatic rings. The minimum atomic E-state index is -0.229. The van der Waals surface area contributed by atoms with E-state index < -0.39 is 0 Å². The van der Waals surface area contributed by atoms with E-state index in [1.165, 1.54) is 17.7 Å². The van der Waals surface area contributed by atoms with Gasteiger partial charge in [0.1, 0.15) is 5.82 Å². The Kier molecular flexibility index (Phi) is 9.54. The molecule has 2 aromatic rings. The van der Waals surface area contributed by atoms with Crippen LogP contribution in [0.25, 0.3) is 0 Å². The average molecular weight is 365 g/mol. The van der Waals surface area contributed by atoms with Gasteiger partial charge in [-0.1, -0.05) is 38.8 Å². The third-order valence-electron chi connectivity index (χ3n) is 4.28. The highest BCUT2D eigenvalue weighted by molar-refractivity contribution is 6.30. The van der Waals surface area contributed by atoms with Crippen LogP contribution >= 0.6 is 11.6 Å². The molecule has 138 valence electrons. The van der Waals surface area contributed by atoms with Crippen LogP contribution in [0.4, 0.5) is 15.8 Å². The van der Waals surface area contributed by atoms with Crippen molar-refractivity contribution in [3.8, 4) is 0 Å². The molecule has 0 bridgehead atoms. The van der Waals surface area contributed by atoms with E-state index in [1.807, 2.05) is 39.1 Å². The van der Waals surface area contributed by atoms with Crippen LogP contribution < -0.4 is 10.6 Å². The number of halogens is 2. The molecule has 0 saturated heterocycles. The Bertz CT molecular complexity index is 628. The Morgan fingerprint density at radius 1 is 1.12 bits per heavy atom. The van der Waals surface area contributed by atoms with Gasteiger partial charge in [-0.3, -0.25) is 0 Å². The van der Waals surface area contributed by atoms with Crippen LogP contribution in [0.15, 0.2) is 42.5 Å². The van der Waals surface area contributed by atoms with Crippen molar-refractivity contribution in [2.24, 2.45) is 11.7 Å². The molecule has 2 aromatic carbocycles. The summed E-state index contributed by atoms with van der Waals surface area (Å²) in [5.74, 6) is 0.311. The van der Waals surface area contributed by atoms with E-state index in [1.54, 1.807) is 12.1 Å². The summed E-state index contributed by atoms with van der Waals surface area (Å²) in [5.41, 5.74) is 8.96. The van der Waals surface area contributed by atoms with Gasteiger partial charge in [-0.2, -0.15) is 0 Å². The van der Waals surface area contributed by atoms with E-state index in [9.17, 15) is 4.39 Å². The summed E-state index contributed by atoms with van der Waals surface area (Å²) < 4.78 is 13.1. The Hall–Kier alpha value is -1.58. The zero-order chi connectivity index (χ0) is 18.8. The molecule has 2 N–H and O–H groups in total. The lowest BCUT2D eigenvalue weighted by atomic mass is 9.92.